The van der Waals surface area contributed by atoms with E-state index in [4.69, 9.17) is 16.4 Å². The topological polar surface area (TPSA) is 75.4 Å². The molecule has 0 aliphatic heterocycles. The fraction of sp³-hybridized carbons (Fsp3) is 0.440. The zero-order valence-electron chi connectivity index (χ0n) is 20.1. The summed E-state index contributed by atoms with van der Waals surface area (Å²) in [5, 5.41) is 2.11. The molecule has 1 aliphatic carbocycles. The van der Waals surface area contributed by atoms with E-state index in [2.05, 4.69) is 79.6 Å². The predicted molar refractivity (Wildman–Crippen MR) is 148 cm³/mol. The highest BCUT2D eigenvalue weighted by Gasteiger charge is 2.14. The van der Waals surface area contributed by atoms with E-state index < -0.39 is 5.24 Å². The van der Waals surface area contributed by atoms with Gasteiger partial charge in [-0.15, -0.1) is 0 Å². The van der Waals surface area contributed by atoms with Crippen molar-refractivity contribution < 1.29 is 9.59 Å². The Kier molecular flexibility index (Phi) is 17.8. The van der Waals surface area contributed by atoms with Crippen LogP contribution in [0.5, 0.6) is 0 Å². The van der Waals surface area contributed by atoms with Gasteiger partial charge in [-0.05, 0) is 63.0 Å². The third-order valence-electron chi connectivity index (χ3n) is 4.78. The van der Waals surface area contributed by atoms with Gasteiger partial charge < -0.3 is 16.0 Å². The quantitative estimate of drug-likeness (QED) is 0.346. The monoisotopic (exact) mass is 511 g/mol. The van der Waals surface area contributed by atoms with Gasteiger partial charge in [0.15, 0.2) is 0 Å². The van der Waals surface area contributed by atoms with Crippen LogP contribution in [0.2, 0.25) is 5.02 Å². The second-order valence-corrected chi connectivity index (χ2v) is 9.29. The first-order valence-electron chi connectivity index (χ1n) is 10.9. The third-order valence-corrected chi connectivity index (χ3v) is 5.26. The van der Waals surface area contributed by atoms with E-state index in [9.17, 15) is 4.79 Å². The molecular weight excluding hydrogens is 474 g/mol. The lowest BCUT2D eigenvalue weighted by Gasteiger charge is -2.22. The first-order valence-corrected chi connectivity index (χ1v) is 12.2. The van der Waals surface area contributed by atoms with Gasteiger partial charge in [-0.25, -0.2) is 0 Å². The smallest absolute Gasteiger partial charge is 0.275 e. The molecule has 5 nitrogen and oxygen atoms in total. The van der Waals surface area contributed by atoms with Gasteiger partial charge in [-0.1, -0.05) is 98.1 Å². The van der Waals surface area contributed by atoms with Gasteiger partial charge in [0.2, 0.25) is 0 Å². The van der Waals surface area contributed by atoms with Crippen molar-refractivity contribution in [1.82, 2.24) is 10.2 Å². The number of carbonyl (C=O) groups excluding carboxylic acids is 2. The fourth-order valence-electron chi connectivity index (χ4n) is 3.23. The zero-order valence-corrected chi connectivity index (χ0v) is 22.6. The Bertz CT molecular complexity index is 769. The molecule has 2 aromatic carbocycles. The zero-order chi connectivity index (χ0) is 25.2. The van der Waals surface area contributed by atoms with Crippen molar-refractivity contribution in [3.63, 3.8) is 0 Å². The third kappa shape index (κ3) is 18.4. The van der Waals surface area contributed by atoms with Crippen LogP contribution in [0.1, 0.15) is 54.7 Å². The average molecular weight is 512 g/mol. The minimum atomic E-state index is -0.639. The normalized spacial score (nSPS) is 12.7. The van der Waals surface area contributed by atoms with Crippen molar-refractivity contribution in [2.75, 3.05) is 21.1 Å². The highest BCUT2D eigenvalue weighted by Crippen LogP contribution is 2.32. The first-order chi connectivity index (χ1) is 15.5. The SMILES string of the molecule is CN(C)Cc1ccc(C2CCCCC2)cc1.CNC(=O)S.Cc1ccc(Cl)cc1.NC(=O)S. The summed E-state index contributed by atoms with van der Waals surface area (Å²) in [5.74, 6) is 0.835. The second-order valence-electron chi connectivity index (χ2n) is 8.00. The number of rotatable bonds is 3. The molecule has 0 bridgehead atoms. The summed E-state index contributed by atoms with van der Waals surface area (Å²) in [6.07, 6.45) is 7.07. The molecule has 3 rings (SSSR count). The van der Waals surface area contributed by atoms with Crippen LogP contribution in [-0.4, -0.2) is 36.5 Å². The maximum atomic E-state index is 9.57. The van der Waals surface area contributed by atoms with Crippen LogP contribution in [0.3, 0.4) is 0 Å². The number of halogens is 1. The molecule has 8 heteroatoms. The van der Waals surface area contributed by atoms with E-state index in [1.54, 1.807) is 5.56 Å². The number of carbonyl (C=O) groups is 2. The molecule has 0 aromatic heterocycles. The van der Waals surface area contributed by atoms with E-state index in [-0.39, 0.29) is 5.24 Å². The van der Waals surface area contributed by atoms with Crippen LogP contribution in [-0.2, 0) is 6.54 Å². The Hall–Kier alpha value is -1.67. The van der Waals surface area contributed by atoms with Gasteiger partial charge in [-0.2, -0.15) is 0 Å². The molecule has 0 radical (unpaired) electrons. The Morgan fingerprint density at radius 2 is 1.45 bits per heavy atom. The van der Waals surface area contributed by atoms with Crippen LogP contribution in [0, 0.1) is 6.92 Å². The number of amides is 2. The molecule has 1 saturated carbocycles. The Balaban J connectivity index is 0.000000501. The van der Waals surface area contributed by atoms with Gasteiger partial charge >= 0.3 is 0 Å². The standard InChI is InChI=1S/C15H23N.C7H7Cl.C2H5NOS.CH3NOS/c1-16(2)12-13-8-10-15(11-9-13)14-6-4-3-5-7-14;1-6-2-4-7(8)5-3-6;1-3-2(4)5;2-1(3)4/h8-11,14H,3-7,12H2,1-2H3;2-5H,1H3;1H3,(H2,3,4,5);(H3,2,3,4). The maximum absolute atomic E-state index is 9.57. The van der Waals surface area contributed by atoms with E-state index in [0.717, 1.165) is 17.5 Å². The van der Waals surface area contributed by atoms with E-state index >= 15 is 0 Å². The number of nitrogens with zero attached hydrogens (tertiary/aromatic N) is 1. The van der Waals surface area contributed by atoms with Crippen molar-refractivity contribution in [2.45, 2.75) is 51.5 Å². The van der Waals surface area contributed by atoms with Crippen LogP contribution in [0.4, 0.5) is 9.59 Å². The number of thiol groups is 2. The molecule has 0 atom stereocenters. The van der Waals surface area contributed by atoms with Crippen LogP contribution in [0.25, 0.3) is 0 Å². The summed E-state index contributed by atoms with van der Waals surface area (Å²) in [7, 11) is 5.76. The predicted octanol–water partition coefficient (Wildman–Crippen LogP) is 6.69. The summed E-state index contributed by atoms with van der Waals surface area (Å²) < 4.78 is 0. The molecule has 2 amide bonds. The molecule has 2 aromatic rings. The number of primary amides is 1. The molecule has 1 aliphatic rings. The summed E-state index contributed by atoms with van der Waals surface area (Å²) in [5.41, 5.74) is 8.56. The molecular formula is C25H38ClN3O2S2. The summed E-state index contributed by atoms with van der Waals surface area (Å²) in [4.78, 5) is 20.9. The molecule has 1 fully saturated rings. The lowest BCUT2D eigenvalue weighted by molar-refractivity contribution is 0.262. The molecule has 33 heavy (non-hydrogen) atoms. The number of hydrogen-bond donors (Lipinski definition) is 4. The number of nitrogens with two attached hydrogens (primary N) is 1. The van der Waals surface area contributed by atoms with Crippen molar-refractivity contribution in [2.24, 2.45) is 5.73 Å². The highest BCUT2D eigenvalue weighted by atomic mass is 35.5. The van der Waals surface area contributed by atoms with Crippen LogP contribution >= 0.6 is 36.9 Å². The average Bonchev–Trinajstić information content (AvgIpc) is 2.77. The van der Waals surface area contributed by atoms with Gasteiger partial charge in [0.05, 0.1) is 0 Å². The van der Waals surface area contributed by atoms with Gasteiger partial charge in [-0.3, -0.25) is 9.59 Å². The largest absolute Gasteiger partial charge is 0.361 e. The van der Waals surface area contributed by atoms with Crippen molar-refractivity contribution >= 4 is 47.3 Å². The molecule has 0 unspecified atom stereocenters. The Morgan fingerprint density at radius 3 is 1.82 bits per heavy atom. The number of aryl methyl sites for hydroxylation is 1. The van der Waals surface area contributed by atoms with Crippen LogP contribution in [0.15, 0.2) is 48.5 Å². The summed E-state index contributed by atoms with van der Waals surface area (Å²) in [6, 6.07) is 17.0. The molecule has 0 heterocycles. The maximum Gasteiger partial charge on any atom is 0.275 e. The lowest BCUT2D eigenvalue weighted by atomic mass is 9.84. The molecule has 3 N–H and O–H groups in total. The van der Waals surface area contributed by atoms with Gasteiger partial charge in [0.25, 0.3) is 10.5 Å². The minimum Gasteiger partial charge on any atom is -0.361 e. The second kappa shape index (κ2) is 18.7. The summed E-state index contributed by atoms with van der Waals surface area (Å²) >= 11 is 12.1. The summed E-state index contributed by atoms with van der Waals surface area (Å²) in [6.45, 7) is 3.08. The van der Waals surface area contributed by atoms with Crippen molar-refractivity contribution in [3.05, 3.63) is 70.2 Å². The molecule has 184 valence electrons. The lowest BCUT2D eigenvalue weighted by Crippen LogP contribution is -2.10. The first kappa shape index (κ1) is 31.3. The fourth-order valence-corrected chi connectivity index (χ4v) is 3.36. The number of hydrogen-bond acceptors (Lipinski definition) is 3. The molecule has 0 spiro atoms. The van der Waals surface area contributed by atoms with E-state index in [1.165, 1.54) is 50.3 Å². The molecule has 0 saturated heterocycles. The Labute approximate surface area is 215 Å². The number of benzene rings is 2. The van der Waals surface area contributed by atoms with Crippen LogP contribution < -0.4 is 11.1 Å². The van der Waals surface area contributed by atoms with Gasteiger partial charge in [0.1, 0.15) is 0 Å². The minimum absolute atomic E-state index is 0.301. The van der Waals surface area contributed by atoms with Gasteiger partial charge in [0, 0.05) is 18.6 Å². The van der Waals surface area contributed by atoms with Crippen molar-refractivity contribution in [3.8, 4) is 0 Å². The van der Waals surface area contributed by atoms with Crippen molar-refractivity contribution in [1.29, 1.82) is 0 Å². The number of nitrogens with one attached hydrogen (secondary N) is 1. The highest BCUT2D eigenvalue weighted by molar-refractivity contribution is 7.96. The van der Waals surface area contributed by atoms with E-state index in [1.807, 2.05) is 31.2 Å². The van der Waals surface area contributed by atoms with E-state index in [0.29, 0.717) is 0 Å². The Morgan fingerprint density at radius 1 is 1.00 bits per heavy atom.